The standard InChI is InChI=1S/C43H50N22O10/c44-29(66)30(58-40(45)46)54-35(68)32(60-42(49)50)56-37(70)33(61-43(51)52)57-36(69)31(59-41(47)48)55-34(67)26(23-9-5-2-6-10-23)53-38(71)39(72)64(24-17-18-25(65(73)74)28-27(24)62-75-63-28)19-22-15-13-21(14-16-22)12-11-20-7-3-1-4-8-20/h1-18,26,30-33,39,72H,19H2,(H2,44,66)(H,53,71)(H,54,68)(H,55,67)(H,56,70)(H,57,69)(H4,45,46,58)(H4,47,48,59)(H4,49,50,60)(H4,51,52,61). The van der Waals surface area contributed by atoms with E-state index in [0.717, 1.165) is 22.1 Å². The van der Waals surface area contributed by atoms with Gasteiger partial charge in [-0.25, -0.2) is 24.6 Å². The molecular weight excluding hydrogens is 985 g/mol. The maximum Gasteiger partial charge on any atom is 0.300 e. The SMILES string of the molecule is NC(=O)C(N=C(N)N)NC(=O)C(N=C(N)N)NC(=O)C(N=C(N)N)NC(=O)C(N=C(N)N)NC(=O)C(NC(=O)C(O)N(Cc1ccc(C=Cc2ccccc2)cc1)c1ccc([N+](=O)[O-])c2nonc12)c1ccccc1. The lowest BCUT2D eigenvalue weighted by Gasteiger charge is -2.31. The molecule has 0 aliphatic carbocycles. The van der Waals surface area contributed by atoms with E-state index in [1.807, 2.05) is 53.1 Å². The molecule has 0 saturated heterocycles. The van der Waals surface area contributed by atoms with Crippen molar-refractivity contribution in [2.75, 3.05) is 4.90 Å². The highest BCUT2D eigenvalue weighted by Crippen LogP contribution is 2.33. The molecule has 24 N–H and O–H groups in total. The van der Waals surface area contributed by atoms with Gasteiger partial charge in [-0.2, -0.15) is 0 Å². The smallest absolute Gasteiger partial charge is 0.300 e. The van der Waals surface area contributed by atoms with Crippen molar-refractivity contribution >= 4 is 93.8 Å². The Kier molecular flexibility index (Phi) is 18.5. The maximum absolute atomic E-state index is 14.3. The van der Waals surface area contributed by atoms with Crippen LogP contribution in [0.5, 0.6) is 0 Å². The fraction of sp³-hybridized carbons (Fsp3) is 0.163. The summed E-state index contributed by atoms with van der Waals surface area (Å²) in [5.74, 6) is -10.9. The second-order valence-corrected chi connectivity index (χ2v) is 15.4. The van der Waals surface area contributed by atoms with Crippen LogP contribution in [0.25, 0.3) is 23.2 Å². The molecule has 0 saturated carbocycles. The molecule has 0 fully saturated rings. The van der Waals surface area contributed by atoms with E-state index in [9.17, 15) is 44.0 Å². The Morgan fingerprint density at radius 3 is 1.49 bits per heavy atom. The number of rotatable bonds is 23. The third kappa shape index (κ3) is 15.5. The number of benzene rings is 4. The van der Waals surface area contributed by atoms with E-state index in [0.29, 0.717) is 5.56 Å². The van der Waals surface area contributed by atoms with Crippen LogP contribution < -0.4 is 83.1 Å². The van der Waals surface area contributed by atoms with Gasteiger partial charge in [0.2, 0.25) is 42.3 Å². The number of anilines is 1. The van der Waals surface area contributed by atoms with Crippen LogP contribution in [0.4, 0.5) is 11.4 Å². The molecule has 0 radical (unpaired) electrons. The van der Waals surface area contributed by atoms with Crippen LogP contribution in [0.3, 0.4) is 0 Å². The maximum atomic E-state index is 14.3. The van der Waals surface area contributed by atoms with E-state index >= 15 is 0 Å². The zero-order valence-corrected chi connectivity index (χ0v) is 39.0. The quantitative estimate of drug-likeness (QED) is 0.00726. The van der Waals surface area contributed by atoms with Crippen molar-refractivity contribution in [3.05, 3.63) is 129 Å². The largest absolute Gasteiger partial charge is 0.370 e. The molecule has 5 aromatic rings. The highest BCUT2D eigenvalue weighted by atomic mass is 16.6. The average molecular weight is 1040 g/mol. The van der Waals surface area contributed by atoms with Gasteiger partial charge in [0.05, 0.1) is 10.6 Å². The van der Waals surface area contributed by atoms with Gasteiger partial charge < -0.3 is 88.2 Å². The fourth-order valence-corrected chi connectivity index (χ4v) is 6.61. The summed E-state index contributed by atoms with van der Waals surface area (Å²) in [6, 6.07) is 24.4. The second-order valence-electron chi connectivity index (χ2n) is 15.4. The lowest BCUT2D eigenvalue weighted by atomic mass is 10.1. The number of carbonyl (C=O) groups excluding carboxylic acids is 6. The third-order valence-electron chi connectivity index (χ3n) is 9.93. The number of nitrogens with two attached hydrogens (primary N) is 9. The Balaban J connectivity index is 1.43. The van der Waals surface area contributed by atoms with Gasteiger partial charge in [-0.15, -0.1) is 0 Å². The van der Waals surface area contributed by atoms with Crippen molar-refractivity contribution in [3.8, 4) is 0 Å². The molecule has 1 heterocycles. The number of amides is 6. The van der Waals surface area contributed by atoms with Gasteiger partial charge in [-0.05, 0) is 38.6 Å². The number of non-ortho nitro benzene ring substituents is 1. The number of nitro benzene ring substituents is 1. The number of aliphatic imine (C=N–C) groups is 4. The van der Waals surface area contributed by atoms with Gasteiger partial charge in [0.15, 0.2) is 29.4 Å². The van der Waals surface area contributed by atoms with Gasteiger partial charge >= 0.3 is 5.69 Å². The molecule has 4 aromatic carbocycles. The average Bonchev–Trinajstić information content (AvgIpc) is 3.86. The minimum absolute atomic E-state index is 0.0526. The Bertz CT molecular complexity index is 3040. The summed E-state index contributed by atoms with van der Waals surface area (Å²) in [7, 11) is 0. The molecule has 6 unspecified atom stereocenters. The minimum atomic E-state index is -2.21. The summed E-state index contributed by atoms with van der Waals surface area (Å²) >= 11 is 0. The van der Waals surface area contributed by atoms with Crippen molar-refractivity contribution in [2.45, 2.75) is 43.5 Å². The van der Waals surface area contributed by atoms with Crippen LogP contribution in [0, 0.1) is 10.1 Å². The molecule has 75 heavy (non-hydrogen) atoms. The Hall–Kier alpha value is -10.9. The van der Waals surface area contributed by atoms with Gasteiger partial charge in [0, 0.05) is 12.6 Å². The van der Waals surface area contributed by atoms with Crippen molar-refractivity contribution in [2.24, 2.45) is 71.6 Å². The zero-order chi connectivity index (χ0) is 54.9. The topological polar surface area (TPSA) is 552 Å². The first-order chi connectivity index (χ1) is 35.6. The van der Waals surface area contributed by atoms with E-state index in [-0.39, 0.29) is 28.8 Å². The van der Waals surface area contributed by atoms with Crippen molar-refractivity contribution in [3.63, 3.8) is 0 Å². The van der Waals surface area contributed by atoms with Gasteiger partial charge in [-0.3, -0.25) is 38.9 Å². The number of primary amides is 1. The van der Waals surface area contributed by atoms with Crippen LogP contribution >= 0.6 is 0 Å². The number of nitrogens with zero attached hydrogens (tertiary/aromatic N) is 8. The summed E-state index contributed by atoms with van der Waals surface area (Å²) in [6.07, 6.45) is -6.78. The van der Waals surface area contributed by atoms with E-state index in [4.69, 9.17) is 56.2 Å². The molecule has 0 aliphatic heterocycles. The Morgan fingerprint density at radius 2 is 1.01 bits per heavy atom. The molecule has 32 nitrogen and oxygen atoms in total. The molecule has 5 rings (SSSR count). The first-order valence-electron chi connectivity index (χ1n) is 21.5. The minimum Gasteiger partial charge on any atom is -0.370 e. The molecule has 0 spiro atoms. The molecule has 6 atom stereocenters. The van der Waals surface area contributed by atoms with Crippen LogP contribution in [0.1, 0.15) is 28.3 Å². The fourth-order valence-electron chi connectivity index (χ4n) is 6.61. The van der Waals surface area contributed by atoms with Crippen molar-refractivity contribution in [1.82, 2.24) is 36.9 Å². The van der Waals surface area contributed by atoms with E-state index in [1.165, 1.54) is 30.3 Å². The number of aliphatic hydroxyl groups is 1. The predicted octanol–water partition coefficient (Wildman–Crippen LogP) is -5.17. The summed E-state index contributed by atoms with van der Waals surface area (Å²) in [5.41, 5.74) is 50.3. The monoisotopic (exact) mass is 1030 g/mol. The first-order valence-corrected chi connectivity index (χ1v) is 21.5. The highest BCUT2D eigenvalue weighted by molar-refractivity contribution is 6.00. The number of fused-ring (bicyclic) bond motifs is 1. The number of hydrogen-bond acceptors (Lipinski definition) is 17. The zero-order valence-electron chi connectivity index (χ0n) is 39.0. The van der Waals surface area contributed by atoms with Crippen LogP contribution in [-0.4, -0.2) is 111 Å². The third-order valence-corrected chi connectivity index (χ3v) is 9.93. The number of carbonyl (C=O) groups is 6. The number of hydrogen-bond donors (Lipinski definition) is 15. The normalized spacial score (nSPS) is 13.2. The molecular formula is C43H50N22O10. The van der Waals surface area contributed by atoms with Crippen LogP contribution in [-0.2, 0) is 35.3 Å². The lowest BCUT2D eigenvalue weighted by molar-refractivity contribution is -0.383. The Labute approximate surface area is 422 Å². The molecule has 0 aliphatic rings. The lowest BCUT2D eigenvalue weighted by Crippen LogP contribution is -2.58. The van der Waals surface area contributed by atoms with E-state index in [2.05, 4.69) is 46.2 Å². The highest BCUT2D eigenvalue weighted by Gasteiger charge is 2.36. The summed E-state index contributed by atoms with van der Waals surface area (Å²) in [5, 5.41) is 42.1. The number of aromatic nitrogens is 2. The van der Waals surface area contributed by atoms with E-state index < -0.39 is 107 Å². The van der Waals surface area contributed by atoms with Crippen LogP contribution in [0.2, 0.25) is 0 Å². The number of nitro groups is 1. The molecule has 32 heteroatoms. The van der Waals surface area contributed by atoms with Crippen molar-refractivity contribution < 1.29 is 43.4 Å². The number of guanidine groups is 4. The molecule has 0 bridgehead atoms. The molecule has 1 aromatic heterocycles. The molecule has 6 amide bonds. The number of nitrogens with one attached hydrogen (secondary N) is 5. The Morgan fingerprint density at radius 1 is 0.573 bits per heavy atom. The second kappa shape index (κ2) is 25.3. The first kappa shape index (κ1) is 55.0. The predicted molar refractivity (Wildman–Crippen MR) is 270 cm³/mol. The van der Waals surface area contributed by atoms with E-state index in [1.54, 1.807) is 30.3 Å². The summed E-state index contributed by atoms with van der Waals surface area (Å²) in [4.78, 5) is 108. The summed E-state index contributed by atoms with van der Waals surface area (Å²) < 4.78 is 4.85. The van der Waals surface area contributed by atoms with Gasteiger partial charge in [0.1, 0.15) is 6.04 Å². The number of aliphatic hydroxyl groups excluding tert-OH is 1. The van der Waals surface area contributed by atoms with Gasteiger partial charge in [0.25, 0.3) is 29.5 Å². The van der Waals surface area contributed by atoms with Crippen LogP contribution in [0.15, 0.2) is 122 Å². The summed E-state index contributed by atoms with van der Waals surface area (Å²) in [6.45, 7) is -0.250. The van der Waals surface area contributed by atoms with Gasteiger partial charge in [-0.1, -0.05) is 97.1 Å². The van der Waals surface area contributed by atoms with Crippen molar-refractivity contribution in [1.29, 1.82) is 0 Å². The molecule has 392 valence electrons.